The molecule has 0 aliphatic rings. The van der Waals surface area contributed by atoms with Gasteiger partial charge in [0.15, 0.2) is 6.29 Å². The van der Waals surface area contributed by atoms with Crippen LogP contribution in [0, 0.1) is 5.82 Å². The summed E-state index contributed by atoms with van der Waals surface area (Å²) < 4.78 is 12.9. The third-order valence-electron chi connectivity index (χ3n) is 3.06. The van der Waals surface area contributed by atoms with Crippen molar-refractivity contribution >= 4 is 17.7 Å². The highest BCUT2D eigenvalue weighted by Crippen LogP contribution is 2.29. The SMILES string of the molecule is O=Cc1cc(-c2ccccc2Nc2ccc(F)cc2)[nH]n1. The van der Waals surface area contributed by atoms with Crippen LogP contribution in [-0.2, 0) is 0 Å². The number of benzene rings is 2. The van der Waals surface area contributed by atoms with Crippen LogP contribution in [0.1, 0.15) is 10.5 Å². The van der Waals surface area contributed by atoms with Gasteiger partial charge in [0.25, 0.3) is 0 Å². The number of H-pyrrole nitrogens is 1. The summed E-state index contributed by atoms with van der Waals surface area (Å²) >= 11 is 0. The van der Waals surface area contributed by atoms with Crippen molar-refractivity contribution in [1.29, 1.82) is 0 Å². The fraction of sp³-hybridized carbons (Fsp3) is 0. The van der Waals surface area contributed by atoms with Crippen molar-refractivity contribution in [2.45, 2.75) is 0 Å². The summed E-state index contributed by atoms with van der Waals surface area (Å²) in [4.78, 5) is 10.7. The molecule has 0 radical (unpaired) electrons. The zero-order valence-electron chi connectivity index (χ0n) is 11.0. The van der Waals surface area contributed by atoms with E-state index < -0.39 is 0 Å². The molecule has 2 aromatic carbocycles. The number of hydrogen-bond donors (Lipinski definition) is 2. The van der Waals surface area contributed by atoms with Gasteiger partial charge in [0.2, 0.25) is 0 Å². The number of aromatic amines is 1. The largest absolute Gasteiger partial charge is 0.355 e. The Balaban J connectivity index is 1.95. The van der Waals surface area contributed by atoms with E-state index in [0.717, 1.165) is 22.6 Å². The monoisotopic (exact) mass is 281 g/mol. The summed E-state index contributed by atoms with van der Waals surface area (Å²) in [5.74, 6) is -0.280. The Morgan fingerprint density at radius 1 is 1.10 bits per heavy atom. The van der Waals surface area contributed by atoms with Gasteiger partial charge in [-0.2, -0.15) is 5.10 Å². The third-order valence-corrected chi connectivity index (χ3v) is 3.06. The van der Waals surface area contributed by atoms with Crippen LogP contribution in [0.25, 0.3) is 11.3 Å². The first-order valence-electron chi connectivity index (χ1n) is 6.39. The highest BCUT2D eigenvalue weighted by atomic mass is 19.1. The minimum atomic E-state index is -0.280. The Kier molecular flexibility index (Phi) is 3.47. The van der Waals surface area contributed by atoms with E-state index in [1.54, 1.807) is 18.2 Å². The third kappa shape index (κ3) is 2.81. The van der Waals surface area contributed by atoms with Crippen LogP contribution in [0.3, 0.4) is 0 Å². The maximum Gasteiger partial charge on any atom is 0.170 e. The van der Waals surface area contributed by atoms with Crippen LogP contribution in [0.4, 0.5) is 15.8 Å². The number of carbonyl (C=O) groups is 1. The van der Waals surface area contributed by atoms with E-state index in [2.05, 4.69) is 15.5 Å². The lowest BCUT2D eigenvalue weighted by Crippen LogP contribution is -1.93. The molecule has 1 aromatic heterocycles. The van der Waals surface area contributed by atoms with Gasteiger partial charge in [0.05, 0.1) is 5.69 Å². The summed E-state index contributed by atoms with van der Waals surface area (Å²) in [5, 5.41) is 9.95. The maximum atomic E-state index is 12.9. The number of aromatic nitrogens is 2. The molecule has 0 aliphatic heterocycles. The van der Waals surface area contributed by atoms with E-state index in [1.807, 2.05) is 24.3 Å². The molecule has 0 saturated heterocycles. The lowest BCUT2D eigenvalue weighted by molar-refractivity contribution is 0.111. The van der Waals surface area contributed by atoms with Crippen molar-refractivity contribution in [2.24, 2.45) is 0 Å². The molecule has 0 aliphatic carbocycles. The predicted octanol–water partition coefficient (Wildman–Crippen LogP) is 3.77. The number of rotatable bonds is 4. The van der Waals surface area contributed by atoms with Crippen molar-refractivity contribution in [3.8, 4) is 11.3 Å². The van der Waals surface area contributed by atoms with Gasteiger partial charge >= 0.3 is 0 Å². The molecule has 0 spiro atoms. The van der Waals surface area contributed by atoms with Crippen molar-refractivity contribution in [3.05, 3.63) is 66.1 Å². The molecule has 104 valence electrons. The van der Waals surface area contributed by atoms with E-state index >= 15 is 0 Å². The summed E-state index contributed by atoms with van der Waals surface area (Å²) in [6.45, 7) is 0. The Bertz CT molecular complexity index is 765. The molecule has 21 heavy (non-hydrogen) atoms. The average molecular weight is 281 g/mol. The first kappa shape index (κ1) is 13.1. The van der Waals surface area contributed by atoms with Gasteiger partial charge in [0, 0.05) is 16.9 Å². The lowest BCUT2D eigenvalue weighted by Gasteiger charge is -2.10. The van der Waals surface area contributed by atoms with E-state index in [-0.39, 0.29) is 5.82 Å². The fourth-order valence-corrected chi connectivity index (χ4v) is 2.05. The number of nitrogens with zero attached hydrogens (tertiary/aromatic N) is 1. The zero-order valence-corrected chi connectivity index (χ0v) is 11.0. The Morgan fingerprint density at radius 3 is 2.57 bits per heavy atom. The predicted molar refractivity (Wildman–Crippen MR) is 79.1 cm³/mol. The number of anilines is 2. The second-order valence-corrected chi connectivity index (χ2v) is 4.50. The Labute approximate surface area is 120 Å². The molecule has 4 nitrogen and oxygen atoms in total. The topological polar surface area (TPSA) is 57.8 Å². The lowest BCUT2D eigenvalue weighted by atomic mass is 10.1. The highest BCUT2D eigenvalue weighted by molar-refractivity contribution is 5.82. The van der Waals surface area contributed by atoms with Crippen molar-refractivity contribution < 1.29 is 9.18 Å². The Morgan fingerprint density at radius 2 is 1.86 bits per heavy atom. The molecule has 1 heterocycles. The van der Waals surface area contributed by atoms with E-state index in [9.17, 15) is 9.18 Å². The highest BCUT2D eigenvalue weighted by Gasteiger charge is 2.08. The molecule has 3 aromatic rings. The number of aldehydes is 1. The zero-order chi connectivity index (χ0) is 14.7. The molecule has 0 amide bonds. The quantitative estimate of drug-likeness (QED) is 0.716. The standard InChI is InChI=1S/C16H12FN3O/c17-11-5-7-12(8-6-11)18-15-4-2-1-3-14(15)16-9-13(10-21)19-20-16/h1-10,18H,(H,19,20). The van der Waals surface area contributed by atoms with Crippen LogP contribution in [0.2, 0.25) is 0 Å². The van der Waals surface area contributed by atoms with E-state index in [1.165, 1.54) is 12.1 Å². The number of halogens is 1. The molecule has 5 heteroatoms. The van der Waals surface area contributed by atoms with Crippen molar-refractivity contribution in [1.82, 2.24) is 10.2 Å². The number of para-hydroxylation sites is 1. The molecule has 0 unspecified atom stereocenters. The summed E-state index contributed by atoms with van der Waals surface area (Å²) in [5.41, 5.74) is 3.58. The van der Waals surface area contributed by atoms with E-state index in [4.69, 9.17) is 0 Å². The second-order valence-electron chi connectivity index (χ2n) is 4.50. The second kappa shape index (κ2) is 5.58. The molecule has 0 saturated carbocycles. The van der Waals surface area contributed by atoms with Crippen LogP contribution >= 0.6 is 0 Å². The van der Waals surface area contributed by atoms with Gasteiger partial charge in [-0.3, -0.25) is 9.89 Å². The minimum absolute atomic E-state index is 0.280. The molecular weight excluding hydrogens is 269 g/mol. The summed E-state index contributed by atoms with van der Waals surface area (Å²) in [7, 11) is 0. The van der Waals surface area contributed by atoms with Crippen LogP contribution < -0.4 is 5.32 Å². The first-order chi connectivity index (χ1) is 10.3. The molecule has 0 fully saturated rings. The van der Waals surface area contributed by atoms with Gasteiger partial charge in [0.1, 0.15) is 11.5 Å². The molecule has 0 bridgehead atoms. The molecule has 3 rings (SSSR count). The van der Waals surface area contributed by atoms with Crippen LogP contribution in [-0.4, -0.2) is 16.5 Å². The minimum Gasteiger partial charge on any atom is -0.355 e. The van der Waals surface area contributed by atoms with Gasteiger partial charge in [-0.1, -0.05) is 18.2 Å². The van der Waals surface area contributed by atoms with Crippen LogP contribution in [0.15, 0.2) is 54.6 Å². The number of hydrogen-bond acceptors (Lipinski definition) is 3. The summed E-state index contributed by atoms with van der Waals surface area (Å²) in [6.07, 6.45) is 0.690. The van der Waals surface area contributed by atoms with Gasteiger partial charge in [-0.05, 0) is 36.4 Å². The molecular formula is C16H12FN3O. The summed E-state index contributed by atoms with van der Waals surface area (Å²) in [6, 6.07) is 15.4. The van der Waals surface area contributed by atoms with Gasteiger partial charge < -0.3 is 5.32 Å². The van der Waals surface area contributed by atoms with Crippen LogP contribution in [0.5, 0.6) is 0 Å². The fourth-order valence-electron chi connectivity index (χ4n) is 2.05. The maximum absolute atomic E-state index is 12.9. The first-order valence-corrected chi connectivity index (χ1v) is 6.39. The number of nitrogens with one attached hydrogen (secondary N) is 2. The van der Waals surface area contributed by atoms with Crippen molar-refractivity contribution in [2.75, 3.05) is 5.32 Å². The Hall–Kier alpha value is -2.95. The normalized spacial score (nSPS) is 10.3. The van der Waals surface area contributed by atoms with E-state index in [0.29, 0.717) is 12.0 Å². The molecule has 0 atom stereocenters. The van der Waals surface area contributed by atoms with Crippen molar-refractivity contribution in [3.63, 3.8) is 0 Å². The van der Waals surface area contributed by atoms with Gasteiger partial charge in [-0.15, -0.1) is 0 Å². The number of carbonyl (C=O) groups excluding carboxylic acids is 1. The average Bonchev–Trinajstić information content (AvgIpc) is 2.99. The smallest absolute Gasteiger partial charge is 0.170 e. The molecule has 2 N–H and O–H groups in total. The van der Waals surface area contributed by atoms with Gasteiger partial charge in [-0.25, -0.2) is 4.39 Å².